The molecule has 1 saturated heterocycles. The van der Waals surface area contributed by atoms with Crippen molar-refractivity contribution in [3.63, 3.8) is 0 Å². The van der Waals surface area contributed by atoms with E-state index in [0.29, 0.717) is 0 Å². The van der Waals surface area contributed by atoms with Crippen LogP contribution in [-0.4, -0.2) is 43.6 Å². The minimum Gasteiger partial charge on any atom is -0.482 e. The largest absolute Gasteiger partial charge is 0.482 e. The van der Waals surface area contributed by atoms with E-state index in [2.05, 4.69) is 27.2 Å². The van der Waals surface area contributed by atoms with Crippen LogP contribution < -0.4 is 15.0 Å². The SMILES string of the molecule is O=C1COc2ccc(CN3CCN(c4ccccc4Cl)CC3)cc2N1. The maximum Gasteiger partial charge on any atom is 0.262 e. The average molecular weight is 358 g/mol. The van der Waals surface area contributed by atoms with Crippen LogP contribution in [0.1, 0.15) is 5.56 Å². The van der Waals surface area contributed by atoms with Gasteiger partial charge in [-0.05, 0) is 29.8 Å². The normalized spacial score (nSPS) is 17.6. The second-order valence-electron chi connectivity index (χ2n) is 6.38. The fourth-order valence-electron chi connectivity index (χ4n) is 3.34. The Morgan fingerprint density at radius 2 is 1.88 bits per heavy atom. The number of carbonyl (C=O) groups excluding carboxylic acids is 1. The summed E-state index contributed by atoms with van der Waals surface area (Å²) in [5, 5.41) is 3.67. The Morgan fingerprint density at radius 3 is 2.68 bits per heavy atom. The molecule has 25 heavy (non-hydrogen) atoms. The lowest BCUT2D eigenvalue weighted by Gasteiger charge is -2.36. The van der Waals surface area contributed by atoms with Gasteiger partial charge in [-0.2, -0.15) is 0 Å². The molecule has 0 saturated carbocycles. The molecule has 5 nitrogen and oxygen atoms in total. The Balaban J connectivity index is 1.38. The summed E-state index contributed by atoms with van der Waals surface area (Å²) in [7, 11) is 0. The van der Waals surface area contributed by atoms with Crippen LogP contribution in [0, 0.1) is 0 Å². The highest BCUT2D eigenvalue weighted by Crippen LogP contribution is 2.29. The molecule has 1 amide bonds. The number of rotatable bonds is 3. The third-order valence-electron chi connectivity index (χ3n) is 4.65. The van der Waals surface area contributed by atoms with E-state index in [0.717, 1.165) is 54.9 Å². The Labute approximate surface area is 152 Å². The van der Waals surface area contributed by atoms with Crippen LogP contribution in [0.15, 0.2) is 42.5 Å². The van der Waals surface area contributed by atoms with Crippen LogP contribution >= 0.6 is 11.6 Å². The quantitative estimate of drug-likeness (QED) is 0.917. The van der Waals surface area contributed by atoms with Crippen LogP contribution in [0.25, 0.3) is 0 Å². The summed E-state index contributed by atoms with van der Waals surface area (Å²) in [6.45, 7) is 4.81. The third-order valence-corrected chi connectivity index (χ3v) is 4.97. The molecule has 0 aromatic heterocycles. The number of nitrogens with zero attached hydrogens (tertiary/aromatic N) is 2. The van der Waals surface area contributed by atoms with Gasteiger partial charge in [0.15, 0.2) is 6.61 Å². The monoisotopic (exact) mass is 357 g/mol. The van der Waals surface area contributed by atoms with E-state index < -0.39 is 0 Å². The number of hydrogen-bond acceptors (Lipinski definition) is 4. The first kappa shape index (κ1) is 16.2. The summed E-state index contributed by atoms with van der Waals surface area (Å²) in [4.78, 5) is 16.2. The van der Waals surface area contributed by atoms with E-state index in [4.69, 9.17) is 16.3 Å². The van der Waals surface area contributed by atoms with Crippen molar-refractivity contribution in [2.45, 2.75) is 6.54 Å². The standard InChI is InChI=1S/C19H20ClN3O2/c20-15-3-1-2-4-17(15)23-9-7-22(8-10-23)12-14-5-6-18-16(11-14)21-19(24)13-25-18/h1-6,11H,7-10,12-13H2,(H,21,24). The van der Waals surface area contributed by atoms with E-state index >= 15 is 0 Å². The summed E-state index contributed by atoms with van der Waals surface area (Å²) >= 11 is 6.30. The second-order valence-corrected chi connectivity index (χ2v) is 6.79. The summed E-state index contributed by atoms with van der Waals surface area (Å²) < 4.78 is 5.41. The first-order valence-corrected chi connectivity index (χ1v) is 8.84. The second kappa shape index (κ2) is 6.94. The van der Waals surface area contributed by atoms with Crippen molar-refractivity contribution in [1.82, 2.24) is 4.90 Å². The van der Waals surface area contributed by atoms with Crippen molar-refractivity contribution in [1.29, 1.82) is 0 Å². The fourth-order valence-corrected chi connectivity index (χ4v) is 3.60. The first-order valence-electron chi connectivity index (χ1n) is 8.46. The van der Waals surface area contributed by atoms with Crippen molar-refractivity contribution in [2.75, 3.05) is 43.0 Å². The van der Waals surface area contributed by atoms with Crippen LogP contribution in [0.5, 0.6) is 5.75 Å². The Morgan fingerprint density at radius 1 is 1.08 bits per heavy atom. The zero-order chi connectivity index (χ0) is 17.2. The highest BCUT2D eigenvalue weighted by atomic mass is 35.5. The van der Waals surface area contributed by atoms with E-state index in [1.807, 2.05) is 30.3 Å². The number of anilines is 2. The van der Waals surface area contributed by atoms with E-state index in [-0.39, 0.29) is 12.5 Å². The van der Waals surface area contributed by atoms with Gasteiger partial charge in [0, 0.05) is 32.7 Å². The van der Waals surface area contributed by atoms with Crippen molar-refractivity contribution >= 4 is 28.9 Å². The maximum atomic E-state index is 11.5. The number of halogens is 1. The third kappa shape index (κ3) is 3.57. The number of ether oxygens (including phenoxy) is 1. The number of piperazine rings is 1. The van der Waals surface area contributed by atoms with Gasteiger partial charge in [-0.3, -0.25) is 9.69 Å². The van der Waals surface area contributed by atoms with Crippen molar-refractivity contribution in [2.24, 2.45) is 0 Å². The van der Waals surface area contributed by atoms with Gasteiger partial charge in [-0.25, -0.2) is 0 Å². The van der Waals surface area contributed by atoms with Gasteiger partial charge in [-0.15, -0.1) is 0 Å². The van der Waals surface area contributed by atoms with Gasteiger partial charge in [0.1, 0.15) is 5.75 Å². The summed E-state index contributed by atoms with van der Waals surface area (Å²) in [6.07, 6.45) is 0. The Kier molecular flexibility index (Phi) is 4.51. The highest BCUT2D eigenvalue weighted by Gasteiger charge is 2.20. The van der Waals surface area contributed by atoms with Crippen LogP contribution in [0.3, 0.4) is 0 Å². The van der Waals surface area contributed by atoms with Crippen molar-refractivity contribution in [3.05, 3.63) is 53.1 Å². The fraction of sp³-hybridized carbons (Fsp3) is 0.316. The minimum absolute atomic E-state index is 0.0936. The molecule has 130 valence electrons. The van der Waals surface area contributed by atoms with E-state index in [1.165, 1.54) is 5.56 Å². The number of amides is 1. The van der Waals surface area contributed by atoms with Gasteiger partial charge < -0.3 is 15.0 Å². The zero-order valence-electron chi connectivity index (χ0n) is 13.9. The lowest BCUT2D eigenvalue weighted by atomic mass is 10.1. The maximum absolute atomic E-state index is 11.5. The predicted octanol–water partition coefficient (Wildman–Crippen LogP) is 2.99. The topological polar surface area (TPSA) is 44.8 Å². The van der Waals surface area contributed by atoms with Crippen LogP contribution in [-0.2, 0) is 11.3 Å². The molecule has 0 atom stereocenters. The molecule has 4 rings (SSSR count). The molecular weight excluding hydrogens is 338 g/mol. The molecule has 6 heteroatoms. The molecule has 2 heterocycles. The van der Waals surface area contributed by atoms with Gasteiger partial charge in [0.25, 0.3) is 5.91 Å². The molecule has 0 radical (unpaired) electrons. The number of fused-ring (bicyclic) bond motifs is 1. The predicted molar refractivity (Wildman–Crippen MR) is 99.5 cm³/mol. The molecule has 0 aliphatic carbocycles. The van der Waals surface area contributed by atoms with Crippen molar-refractivity contribution in [3.8, 4) is 5.75 Å². The number of para-hydroxylation sites is 1. The zero-order valence-corrected chi connectivity index (χ0v) is 14.6. The molecule has 1 N–H and O–H groups in total. The lowest BCUT2D eigenvalue weighted by Crippen LogP contribution is -2.46. The molecule has 2 aliphatic heterocycles. The number of benzene rings is 2. The molecule has 0 bridgehead atoms. The smallest absolute Gasteiger partial charge is 0.262 e. The minimum atomic E-state index is -0.0991. The van der Waals surface area contributed by atoms with Crippen LogP contribution in [0.4, 0.5) is 11.4 Å². The lowest BCUT2D eigenvalue weighted by molar-refractivity contribution is -0.118. The molecule has 0 spiro atoms. The summed E-state index contributed by atoms with van der Waals surface area (Å²) in [5.74, 6) is 0.643. The number of nitrogens with one attached hydrogen (secondary N) is 1. The molecule has 0 unspecified atom stereocenters. The summed E-state index contributed by atoms with van der Waals surface area (Å²) in [6, 6.07) is 14.0. The van der Waals surface area contributed by atoms with E-state index in [1.54, 1.807) is 0 Å². The van der Waals surface area contributed by atoms with Gasteiger partial charge in [0.2, 0.25) is 0 Å². The molecule has 2 aromatic carbocycles. The van der Waals surface area contributed by atoms with Crippen LogP contribution in [0.2, 0.25) is 5.02 Å². The highest BCUT2D eigenvalue weighted by molar-refractivity contribution is 6.33. The Bertz CT molecular complexity index is 788. The molecular formula is C19H20ClN3O2. The molecule has 1 fully saturated rings. The molecule has 2 aromatic rings. The first-order chi connectivity index (χ1) is 12.2. The Hall–Kier alpha value is -2.24. The van der Waals surface area contributed by atoms with Gasteiger partial charge in [0.05, 0.1) is 16.4 Å². The number of hydrogen-bond donors (Lipinski definition) is 1. The van der Waals surface area contributed by atoms with E-state index in [9.17, 15) is 4.79 Å². The average Bonchev–Trinajstić information content (AvgIpc) is 2.63. The number of carbonyl (C=O) groups is 1. The molecule has 2 aliphatic rings. The van der Waals surface area contributed by atoms with Crippen molar-refractivity contribution < 1.29 is 9.53 Å². The summed E-state index contributed by atoms with van der Waals surface area (Å²) in [5.41, 5.74) is 3.05. The van der Waals surface area contributed by atoms with Gasteiger partial charge in [-0.1, -0.05) is 29.8 Å². The van der Waals surface area contributed by atoms with Gasteiger partial charge >= 0.3 is 0 Å².